The van der Waals surface area contributed by atoms with Crippen molar-refractivity contribution in [1.29, 1.82) is 0 Å². The van der Waals surface area contributed by atoms with E-state index in [0.29, 0.717) is 17.9 Å². The third-order valence-corrected chi connectivity index (χ3v) is 3.78. The van der Waals surface area contributed by atoms with Gasteiger partial charge in [-0.2, -0.15) is 0 Å². The highest BCUT2D eigenvalue weighted by Gasteiger charge is 2.09. The number of fused-ring (bicyclic) bond motifs is 1. The maximum Gasteiger partial charge on any atom is 0.267 e. The number of halogens is 1. The number of carbonyl (C=O) groups excluding carboxylic acids is 1. The van der Waals surface area contributed by atoms with E-state index in [1.54, 1.807) is 0 Å². The standard InChI is InChI=1S/C16H14BrN3O/c17-12-3-1-10(2-4-12)9-19-16(21)15-8-11-7-13(18)5-6-14(11)20-15/h1-8,20H,9,18H2,(H,19,21). The number of anilines is 1. The van der Waals surface area contributed by atoms with Gasteiger partial charge < -0.3 is 16.0 Å². The normalized spacial score (nSPS) is 10.7. The van der Waals surface area contributed by atoms with Crippen molar-refractivity contribution in [3.8, 4) is 0 Å². The van der Waals surface area contributed by atoms with E-state index in [0.717, 1.165) is 20.9 Å². The van der Waals surface area contributed by atoms with Crippen LogP contribution in [0.5, 0.6) is 0 Å². The Labute approximate surface area is 130 Å². The average Bonchev–Trinajstić information content (AvgIpc) is 2.89. The molecule has 0 saturated heterocycles. The van der Waals surface area contributed by atoms with Crippen LogP contribution in [0, 0.1) is 0 Å². The van der Waals surface area contributed by atoms with Crippen LogP contribution in [0.1, 0.15) is 16.1 Å². The molecule has 0 atom stereocenters. The molecule has 0 fully saturated rings. The Hall–Kier alpha value is -2.27. The van der Waals surface area contributed by atoms with Crippen LogP contribution in [0.2, 0.25) is 0 Å². The number of H-pyrrole nitrogens is 1. The maximum absolute atomic E-state index is 12.2. The first-order valence-corrected chi connectivity index (χ1v) is 7.32. The van der Waals surface area contributed by atoms with Gasteiger partial charge in [-0.05, 0) is 42.0 Å². The van der Waals surface area contributed by atoms with E-state index in [-0.39, 0.29) is 5.91 Å². The molecule has 0 saturated carbocycles. The molecule has 0 spiro atoms. The highest BCUT2D eigenvalue weighted by molar-refractivity contribution is 9.10. The van der Waals surface area contributed by atoms with Crippen LogP contribution in [-0.4, -0.2) is 10.9 Å². The van der Waals surface area contributed by atoms with Crippen LogP contribution in [-0.2, 0) is 6.54 Å². The fourth-order valence-electron chi connectivity index (χ4n) is 2.15. The minimum Gasteiger partial charge on any atom is -0.399 e. The first kappa shape index (κ1) is 13.7. The summed E-state index contributed by atoms with van der Waals surface area (Å²) in [6.07, 6.45) is 0. The molecule has 3 rings (SSSR count). The lowest BCUT2D eigenvalue weighted by Gasteiger charge is -2.04. The van der Waals surface area contributed by atoms with Crippen LogP contribution in [0.25, 0.3) is 10.9 Å². The van der Waals surface area contributed by atoms with Gasteiger partial charge >= 0.3 is 0 Å². The van der Waals surface area contributed by atoms with Crippen molar-refractivity contribution < 1.29 is 4.79 Å². The molecule has 0 aliphatic carbocycles. The van der Waals surface area contributed by atoms with E-state index < -0.39 is 0 Å². The quantitative estimate of drug-likeness (QED) is 0.637. The number of nitrogens with two attached hydrogens (primary N) is 1. The number of aromatic nitrogens is 1. The van der Waals surface area contributed by atoms with Crippen molar-refractivity contribution in [2.75, 3.05) is 5.73 Å². The first-order valence-electron chi connectivity index (χ1n) is 6.53. The third kappa shape index (κ3) is 3.08. The Morgan fingerprint density at radius 2 is 1.90 bits per heavy atom. The Morgan fingerprint density at radius 1 is 1.14 bits per heavy atom. The summed E-state index contributed by atoms with van der Waals surface area (Å²) in [6.45, 7) is 0.490. The van der Waals surface area contributed by atoms with E-state index in [1.807, 2.05) is 48.5 Å². The first-order chi connectivity index (χ1) is 10.1. The number of hydrogen-bond donors (Lipinski definition) is 3. The summed E-state index contributed by atoms with van der Waals surface area (Å²) in [5.41, 5.74) is 8.91. The van der Waals surface area contributed by atoms with Crippen molar-refractivity contribution in [1.82, 2.24) is 10.3 Å². The summed E-state index contributed by atoms with van der Waals surface area (Å²) < 4.78 is 1.02. The zero-order valence-corrected chi connectivity index (χ0v) is 12.8. The molecule has 0 bridgehead atoms. The largest absolute Gasteiger partial charge is 0.399 e. The monoisotopic (exact) mass is 343 g/mol. The number of nitrogens with one attached hydrogen (secondary N) is 2. The van der Waals surface area contributed by atoms with Gasteiger partial charge in [-0.1, -0.05) is 28.1 Å². The van der Waals surface area contributed by atoms with E-state index in [9.17, 15) is 4.79 Å². The predicted molar refractivity (Wildman–Crippen MR) is 88.0 cm³/mol. The van der Waals surface area contributed by atoms with Gasteiger partial charge in [0.25, 0.3) is 5.91 Å². The lowest BCUT2D eigenvalue weighted by molar-refractivity contribution is 0.0947. The minimum atomic E-state index is -0.132. The molecule has 106 valence electrons. The molecule has 0 aliphatic heterocycles. The molecule has 21 heavy (non-hydrogen) atoms. The molecule has 0 aliphatic rings. The fraction of sp³-hybridized carbons (Fsp3) is 0.0625. The molecule has 0 radical (unpaired) electrons. The summed E-state index contributed by atoms with van der Waals surface area (Å²) in [7, 11) is 0. The summed E-state index contributed by atoms with van der Waals surface area (Å²) in [4.78, 5) is 15.2. The molecule has 0 unspecified atom stereocenters. The number of aromatic amines is 1. The van der Waals surface area contributed by atoms with Crippen LogP contribution in [0.4, 0.5) is 5.69 Å². The third-order valence-electron chi connectivity index (χ3n) is 3.26. The SMILES string of the molecule is Nc1ccc2[nH]c(C(=O)NCc3ccc(Br)cc3)cc2c1. The Bertz CT molecular complexity index is 793. The van der Waals surface area contributed by atoms with Gasteiger partial charge in [0.15, 0.2) is 0 Å². The second-order valence-corrected chi connectivity index (χ2v) is 5.75. The maximum atomic E-state index is 12.2. The molecule has 5 heteroatoms. The highest BCUT2D eigenvalue weighted by atomic mass is 79.9. The molecule has 2 aromatic carbocycles. The van der Waals surface area contributed by atoms with Crippen LogP contribution in [0.15, 0.2) is 53.0 Å². The number of benzene rings is 2. The van der Waals surface area contributed by atoms with Crippen molar-refractivity contribution in [2.45, 2.75) is 6.54 Å². The van der Waals surface area contributed by atoms with Gasteiger partial charge in [-0.3, -0.25) is 4.79 Å². The molecule has 4 N–H and O–H groups in total. The summed E-state index contributed by atoms with van der Waals surface area (Å²) >= 11 is 3.39. The Kier molecular flexibility index (Phi) is 3.66. The number of hydrogen-bond acceptors (Lipinski definition) is 2. The van der Waals surface area contributed by atoms with Gasteiger partial charge in [0.1, 0.15) is 5.69 Å². The number of rotatable bonds is 3. The number of amides is 1. The van der Waals surface area contributed by atoms with Crippen molar-refractivity contribution in [3.63, 3.8) is 0 Å². The van der Waals surface area contributed by atoms with Crippen LogP contribution in [0.3, 0.4) is 0 Å². The van der Waals surface area contributed by atoms with Gasteiger partial charge in [0.05, 0.1) is 0 Å². The van der Waals surface area contributed by atoms with E-state index in [2.05, 4.69) is 26.2 Å². The predicted octanol–water partition coefficient (Wildman–Crippen LogP) is 3.44. The number of carbonyl (C=O) groups is 1. The Balaban J connectivity index is 1.73. The smallest absolute Gasteiger partial charge is 0.267 e. The summed E-state index contributed by atoms with van der Waals surface area (Å²) in [6, 6.07) is 15.2. The van der Waals surface area contributed by atoms with Gasteiger partial charge in [-0.15, -0.1) is 0 Å². The van der Waals surface area contributed by atoms with E-state index in [4.69, 9.17) is 5.73 Å². The lowest BCUT2D eigenvalue weighted by Crippen LogP contribution is -2.22. The molecule has 1 heterocycles. The van der Waals surface area contributed by atoms with Crippen molar-refractivity contribution in [3.05, 3.63) is 64.3 Å². The molecular formula is C16H14BrN3O. The molecular weight excluding hydrogens is 330 g/mol. The average molecular weight is 344 g/mol. The Morgan fingerprint density at radius 3 is 2.67 bits per heavy atom. The fourth-order valence-corrected chi connectivity index (χ4v) is 2.42. The second-order valence-electron chi connectivity index (χ2n) is 4.84. The molecule has 1 amide bonds. The summed E-state index contributed by atoms with van der Waals surface area (Å²) in [5, 5.41) is 3.83. The van der Waals surface area contributed by atoms with Crippen LogP contribution >= 0.6 is 15.9 Å². The molecule has 3 aromatic rings. The van der Waals surface area contributed by atoms with E-state index in [1.165, 1.54) is 0 Å². The minimum absolute atomic E-state index is 0.132. The van der Waals surface area contributed by atoms with Gasteiger partial charge in [0.2, 0.25) is 0 Å². The van der Waals surface area contributed by atoms with Gasteiger partial charge in [0, 0.05) is 27.6 Å². The van der Waals surface area contributed by atoms with E-state index >= 15 is 0 Å². The lowest BCUT2D eigenvalue weighted by atomic mass is 10.2. The highest BCUT2D eigenvalue weighted by Crippen LogP contribution is 2.18. The number of nitrogen functional groups attached to an aromatic ring is 1. The van der Waals surface area contributed by atoms with Crippen LogP contribution < -0.4 is 11.1 Å². The molecule has 1 aromatic heterocycles. The summed E-state index contributed by atoms with van der Waals surface area (Å²) in [5.74, 6) is -0.132. The molecule has 4 nitrogen and oxygen atoms in total. The van der Waals surface area contributed by atoms with Gasteiger partial charge in [-0.25, -0.2) is 0 Å². The second kappa shape index (κ2) is 5.61. The topological polar surface area (TPSA) is 70.9 Å². The van der Waals surface area contributed by atoms with Crippen molar-refractivity contribution in [2.24, 2.45) is 0 Å². The zero-order chi connectivity index (χ0) is 14.8. The van der Waals surface area contributed by atoms with Crippen molar-refractivity contribution >= 4 is 38.4 Å². The zero-order valence-electron chi connectivity index (χ0n) is 11.2.